The average molecular weight is 380 g/mol. The van der Waals surface area contributed by atoms with Gasteiger partial charge in [-0.1, -0.05) is 37.2 Å². The predicted octanol–water partition coefficient (Wildman–Crippen LogP) is 2.91. The summed E-state index contributed by atoms with van der Waals surface area (Å²) in [5.41, 5.74) is -0.140. The molecule has 1 aliphatic rings. The Morgan fingerprint density at radius 2 is 2.11 bits per heavy atom. The molecule has 0 spiro atoms. The van der Waals surface area contributed by atoms with Crippen LogP contribution >= 0.6 is 0 Å². The number of hydrogen-bond donors (Lipinski definition) is 0. The van der Waals surface area contributed by atoms with Crippen molar-refractivity contribution in [1.29, 1.82) is 0 Å². The number of nitrogens with zero attached hydrogens (tertiary/aromatic N) is 4. The second-order valence-corrected chi connectivity index (χ2v) is 7.66. The van der Waals surface area contributed by atoms with Crippen LogP contribution < -0.4 is 5.56 Å². The molecule has 1 amide bonds. The molecule has 0 saturated carbocycles. The molecule has 3 aromatic rings. The molecule has 1 atom stereocenters. The Labute approximate surface area is 163 Å². The maximum atomic E-state index is 12.8. The van der Waals surface area contributed by atoms with Crippen molar-refractivity contribution >= 4 is 16.7 Å². The lowest BCUT2D eigenvalue weighted by atomic mass is 9.98. The molecule has 0 bridgehead atoms. The van der Waals surface area contributed by atoms with Crippen molar-refractivity contribution in [2.45, 2.75) is 45.1 Å². The first-order chi connectivity index (χ1) is 13.5. The number of aromatic nitrogens is 3. The number of likely N-dealkylation sites (tertiary alicyclic amines) is 1. The third-order valence-electron chi connectivity index (χ3n) is 5.29. The number of amides is 1. The second kappa shape index (κ2) is 7.58. The Hall–Kier alpha value is -2.96. The summed E-state index contributed by atoms with van der Waals surface area (Å²) in [4.78, 5) is 31.8. The Balaban J connectivity index is 1.49. The molecule has 3 heterocycles. The molecule has 1 saturated heterocycles. The maximum Gasteiger partial charge on any atom is 0.258 e. The van der Waals surface area contributed by atoms with Gasteiger partial charge in [0.25, 0.3) is 5.56 Å². The van der Waals surface area contributed by atoms with E-state index in [2.05, 4.69) is 10.1 Å². The Kier molecular flexibility index (Phi) is 4.98. The average Bonchev–Trinajstić information content (AvgIpc) is 3.21. The van der Waals surface area contributed by atoms with Crippen LogP contribution in [0.5, 0.6) is 0 Å². The highest BCUT2D eigenvalue weighted by Crippen LogP contribution is 2.27. The van der Waals surface area contributed by atoms with Gasteiger partial charge in [0.15, 0.2) is 5.82 Å². The van der Waals surface area contributed by atoms with Crippen LogP contribution in [0.2, 0.25) is 0 Å². The number of piperidine rings is 1. The van der Waals surface area contributed by atoms with Gasteiger partial charge >= 0.3 is 0 Å². The molecule has 1 aliphatic heterocycles. The van der Waals surface area contributed by atoms with Crippen LogP contribution in [-0.2, 0) is 11.3 Å². The van der Waals surface area contributed by atoms with E-state index in [1.54, 1.807) is 17.2 Å². The minimum Gasteiger partial charge on any atom is -0.340 e. The summed E-state index contributed by atoms with van der Waals surface area (Å²) in [5.74, 6) is 1.49. The first-order valence-electron chi connectivity index (χ1n) is 9.72. The van der Waals surface area contributed by atoms with Gasteiger partial charge in [0.05, 0.1) is 5.92 Å². The molecule has 0 radical (unpaired) electrons. The first kappa shape index (κ1) is 18.4. The molecule has 2 aromatic heterocycles. The summed E-state index contributed by atoms with van der Waals surface area (Å²) in [6, 6.07) is 9.29. The second-order valence-electron chi connectivity index (χ2n) is 7.66. The van der Waals surface area contributed by atoms with Gasteiger partial charge in [-0.25, -0.2) is 0 Å². The molecule has 7 nitrogen and oxygen atoms in total. The lowest BCUT2D eigenvalue weighted by Gasteiger charge is -2.31. The van der Waals surface area contributed by atoms with E-state index in [1.807, 2.05) is 38.1 Å². The molecule has 28 heavy (non-hydrogen) atoms. The van der Waals surface area contributed by atoms with Crippen LogP contribution in [0, 0.1) is 0 Å². The van der Waals surface area contributed by atoms with Gasteiger partial charge < -0.3 is 14.0 Å². The zero-order chi connectivity index (χ0) is 19.7. The molecule has 7 heteroatoms. The fraction of sp³-hybridized carbons (Fsp3) is 0.429. The van der Waals surface area contributed by atoms with E-state index in [-0.39, 0.29) is 29.8 Å². The lowest BCUT2D eigenvalue weighted by molar-refractivity contribution is -0.133. The monoisotopic (exact) mass is 380 g/mol. The number of pyridine rings is 1. The van der Waals surface area contributed by atoms with E-state index in [9.17, 15) is 9.59 Å². The van der Waals surface area contributed by atoms with Gasteiger partial charge in [0.1, 0.15) is 6.54 Å². The molecular formula is C21H24N4O3. The quantitative estimate of drug-likeness (QED) is 0.695. The summed E-state index contributed by atoms with van der Waals surface area (Å²) in [7, 11) is 0. The molecule has 0 N–H and O–H groups in total. The van der Waals surface area contributed by atoms with Crippen molar-refractivity contribution in [3.63, 3.8) is 0 Å². The molecule has 0 unspecified atom stereocenters. The van der Waals surface area contributed by atoms with Crippen LogP contribution in [0.3, 0.4) is 0 Å². The standard InChI is InChI=1S/C21H24N4O3/c1-14(2)19-22-20(28-23-19)16-7-5-10-24(12-16)18(26)13-25-11-9-15-6-3-4-8-17(15)21(25)27/h3-4,6,8-9,11,14,16H,5,7,10,12-13H2,1-2H3/t16-/m0/s1. The summed E-state index contributed by atoms with van der Waals surface area (Å²) < 4.78 is 6.91. The van der Waals surface area contributed by atoms with Gasteiger partial charge in [0, 0.05) is 30.6 Å². The zero-order valence-electron chi connectivity index (χ0n) is 16.2. The number of hydrogen-bond acceptors (Lipinski definition) is 5. The fourth-order valence-electron chi connectivity index (χ4n) is 3.65. The van der Waals surface area contributed by atoms with Crippen molar-refractivity contribution in [3.05, 3.63) is 58.6 Å². The van der Waals surface area contributed by atoms with Crippen LogP contribution in [0.4, 0.5) is 0 Å². The fourth-order valence-corrected chi connectivity index (χ4v) is 3.65. The third kappa shape index (κ3) is 3.56. The number of benzene rings is 1. The van der Waals surface area contributed by atoms with Crippen LogP contribution in [0.25, 0.3) is 10.8 Å². The molecular weight excluding hydrogens is 356 g/mol. The third-order valence-corrected chi connectivity index (χ3v) is 5.29. The van der Waals surface area contributed by atoms with Crippen molar-refractivity contribution in [2.24, 2.45) is 0 Å². The van der Waals surface area contributed by atoms with Crippen molar-refractivity contribution in [3.8, 4) is 0 Å². The normalized spacial score (nSPS) is 17.4. The highest BCUT2D eigenvalue weighted by Gasteiger charge is 2.29. The van der Waals surface area contributed by atoms with Crippen molar-refractivity contribution in [2.75, 3.05) is 13.1 Å². The Morgan fingerprint density at radius 3 is 2.89 bits per heavy atom. The first-order valence-corrected chi connectivity index (χ1v) is 9.72. The van der Waals surface area contributed by atoms with E-state index in [4.69, 9.17) is 4.52 Å². The summed E-state index contributed by atoms with van der Waals surface area (Å²) in [6.45, 7) is 5.31. The lowest BCUT2D eigenvalue weighted by Crippen LogP contribution is -2.42. The number of carbonyl (C=O) groups is 1. The van der Waals surface area contributed by atoms with Gasteiger partial charge in [-0.3, -0.25) is 9.59 Å². The van der Waals surface area contributed by atoms with E-state index in [1.165, 1.54) is 4.57 Å². The number of rotatable bonds is 4. The van der Waals surface area contributed by atoms with Crippen LogP contribution in [0.15, 0.2) is 45.8 Å². The summed E-state index contributed by atoms with van der Waals surface area (Å²) in [6.07, 6.45) is 3.48. The summed E-state index contributed by atoms with van der Waals surface area (Å²) >= 11 is 0. The SMILES string of the molecule is CC(C)c1noc([C@H]2CCCN(C(=O)Cn3ccc4ccccc4c3=O)C2)n1. The van der Waals surface area contributed by atoms with E-state index < -0.39 is 0 Å². The van der Waals surface area contributed by atoms with Crippen LogP contribution in [-0.4, -0.2) is 38.6 Å². The van der Waals surface area contributed by atoms with E-state index in [0.29, 0.717) is 30.2 Å². The molecule has 1 aromatic carbocycles. The van der Waals surface area contributed by atoms with Gasteiger partial charge in [-0.15, -0.1) is 0 Å². The Bertz CT molecular complexity index is 1050. The Morgan fingerprint density at radius 1 is 1.29 bits per heavy atom. The molecule has 146 valence electrons. The maximum absolute atomic E-state index is 12.8. The highest BCUT2D eigenvalue weighted by atomic mass is 16.5. The minimum atomic E-state index is -0.140. The van der Waals surface area contributed by atoms with Crippen molar-refractivity contribution in [1.82, 2.24) is 19.6 Å². The smallest absolute Gasteiger partial charge is 0.258 e. The van der Waals surface area contributed by atoms with Crippen LogP contribution in [0.1, 0.15) is 50.2 Å². The zero-order valence-corrected chi connectivity index (χ0v) is 16.2. The molecule has 1 fully saturated rings. The largest absolute Gasteiger partial charge is 0.340 e. The topological polar surface area (TPSA) is 81.2 Å². The molecule has 4 rings (SSSR count). The predicted molar refractivity (Wildman–Crippen MR) is 105 cm³/mol. The van der Waals surface area contributed by atoms with Gasteiger partial charge in [-0.2, -0.15) is 4.98 Å². The minimum absolute atomic E-state index is 0.0392. The molecule has 0 aliphatic carbocycles. The van der Waals surface area contributed by atoms with E-state index >= 15 is 0 Å². The van der Waals surface area contributed by atoms with Gasteiger partial charge in [0.2, 0.25) is 11.8 Å². The van der Waals surface area contributed by atoms with Crippen molar-refractivity contribution < 1.29 is 9.32 Å². The van der Waals surface area contributed by atoms with E-state index in [0.717, 1.165) is 18.2 Å². The summed E-state index contributed by atoms with van der Waals surface area (Å²) in [5, 5.41) is 5.54. The van der Waals surface area contributed by atoms with Gasteiger partial charge in [-0.05, 0) is 30.4 Å². The highest BCUT2D eigenvalue weighted by molar-refractivity contribution is 5.82. The number of carbonyl (C=O) groups excluding carboxylic acids is 1. The number of fused-ring (bicyclic) bond motifs is 1.